The maximum Gasteiger partial charge on any atom is 0.452 e. The van der Waals surface area contributed by atoms with Crippen molar-refractivity contribution in [1.82, 2.24) is 4.57 Å². The molecule has 0 aromatic heterocycles. The van der Waals surface area contributed by atoms with Crippen molar-refractivity contribution in [3.63, 3.8) is 0 Å². The van der Waals surface area contributed by atoms with Crippen LogP contribution in [0.25, 0.3) is 0 Å². The van der Waals surface area contributed by atoms with Crippen LogP contribution in [0.1, 0.15) is 13.8 Å². The molecule has 1 aliphatic rings. The lowest BCUT2D eigenvalue weighted by atomic mass is 10.6. The lowest BCUT2D eigenvalue weighted by molar-refractivity contribution is -0.133. The Morgan fingerprint density at radius 2 is 1.57 bits per heavy atom. The van der Waals surface area contributed by atoms with Crippen LogP contribution in [-0.2, 0) is 18.4 Å². The van der Waals surface area contributed by atoms with Crippen molar-refractivity contribution in [2.24, 2.45) is 0 Å². The second-order valence-electron chi connectivity index (χ2n) is 2.60. The fraction of sp³-hybridized carbons (Fsp3) is 0.500. The van der Waals surface area contributed by atoms with Crippen LogP contribution in [-0.4, -0.2) is 39.0 Å². The molecule has 14 heavy (non-hydrogen) atoms. The minimum absolute atomic E-state index is 0.339. The number of carbonyl (C=O) groups excluding carboxylic acids is 2. The van der Waals surface area contributed by atoms with Crippen molar-refractivity contribution in [2.75, 3.05) is 13.2 Å². The lowest BCUT2D eigenvalue weighted by Crippen LogP contribution is -2.48. The summed E-state index contributed by atoms with van der Waals surface area (Å²) in [6, 6.07) is 0. The van der Waals surface area contributed by atoms with E-state index in [2.05, 4.69) is 0 Å². The van der Waals surface area contributed by atoms with Crippen LogP contribution >= 0.6 is 0 Å². The van der Waals surface area contributed by atoms with Crippen LogP contribution in [0.5, 0.6) is 0 Å². The van der Waals surface area contributed by atoms with Crippen molar-refractivity contribution in [3.8, 4) is 0 Å². The topological polar surface area (TPSA) is 55.8 Å². The molecule has 6 heteroatoms. The van der Waals surface area contributed by atoms with Crippen molar-refractivity contribution in [1.29, 1.82) is 0 Å². The summed E-state index contributed by atoms with van der Waals surface area (Å²) < 4.78 is 11.6. The standard InChI is InChI=1S/C8H13NO4Si/c1-3-12-14(13-4-2)9-7(10)5-6-8(9)11/h5-6,14H,3-4H2,1-2H3. The van der Waals surface area contributed by atoms with Gasteiger partial charge in [-0.2, -0.15) is 0 Å². The summed E-state index contributed by atoms with van der Waals surface area (Å²) >= 11 is 0. The molecule has 0 fully saturated rings. The molecule has 0 radical (unpaired) electrons. The third-order valence-corrected chi connectivity index (χ3v) is 3.84. The first kappa shape index (κ1) is 11.1. The molecule has 5 nitrogen and oxygen atoms in total. The van der Waals surface area contributed by atoms with Gasteiger partial charge in [0.2, 0.25) is 11.8 Å². The van der Waals surface area contributed by atoms with Gasteiger partial charge in [-0.1, -0.05) is 0 Å². The number of hydrogen-bond donors (Lipinski definition) is 0. The molecule has 2 amide bonds. The monoisotopic (exact) mass is 215 g/mol. The van der Waals surface area contributed by atoms with Gasteiger partial charge in [0.05, 0.1) is 0 Å². The summed E-state index contributed by atoms with van der Waals surface area (Å²) in [6.45, 7) is 4.48. The van der Waals surface area contributed by atoms with Gasteiger partial charge in [0, 0.05) is 25.4 Å². The fourth-order valence-electron chi connectivity index (χ4n) is 1.10. The van der Waals surface area contributed by atoms with Gasteiger partial charge in [-0.3, -0.25) is 14.2 Å². The molecule has 78 valence electrons. The van der Waals surface area contributed by atoms with Gasteiger partial charge < -0.3 is 8.85 Å². The normalized spacial score (nSPS) is 16.1. The van der Waals surface area contributed by atoms with E-state index in [1.165, 1.54) is 12.2 Å². The number of rotatable bonds is 5. The molecular weight excluding hydrogens is 202 g/mol. The summed E-state index contributed by atoms with van der Waals surface area (Å²) in [6.07, 6.45) is 2.47. The molecule has 0 spiro atoms. The van der Waals surface area contributed by atoms with Crippen LogP contribution in [0, 0.1) is 0 Å². The van der Waals surface area contributed by atoms with Gasteiger partial charge in [-0.15, -0.1) is 0 Å². The zero-order valence-electron chi connectivity index (χ0n) is 8.23. The van der Waals surface area contributed by atoms with Gasteiger partial charge in [0.15, 0.2) is 0 Å². The van der Waals surface area contributed by atoms with E-state index in [9.17, 15) is 9.59 Å². The van der Waals surface area contributed by atoms with Gasteiger partial charge >= 0.3 is 9.45 Å². The van der Waals surface area contributed by atoms with E-state index in [1.54, 1.807) is 13.8 Å². The van der Waals surface area contributed by atoms with Crippen LogP contribution in [0.3, 0.4) is 0 Å². The number of amides is 2. The lowest BCUT2D eigenvalue weighted by Gasteiger charge is -2.22. The Labute approximate surface area is 84.2 Å². The second kappa shape index (κ2) is 5.04. The third-order valence-electron chi connectivity index (χ3n) is 1.67. The van der Waals surface area contributed by atoms with Gasteiger partial charge in [-0.05, 0) is 13.8 Å². The molecule has 1 heterocycles. The first-order valence-electron chi connectivity index (χ1n) is 4.49. The number of nitrogens with zero attached hydrogens (tertiary/aromatic N) is 1. The highest BCUT2D eigenvalue weighted by atomic mass is 28.3. The molecule has 0 aromatic carbocycles. The molecule has 0 aliphatic carbocycles. The van der Waals surface area contributed by atoms with E-state index >= 15 is 0 Å². The fourth-order valence-corrected chi connectivity index (χ4v) is 2.65. The van der Waals surface area contributed by atoms with E-state index in [0.717, 1.165) is 4.57 Å². The Balaban J connectivity index is 2.67. The molecular formula is C8H13NO4Si. The number of imide groups is 1. The molecule has 0 unspecified atom stereocenters. The first-order valence-corrected chi connectivity index (χ1v) is 5.95. The molecule has 0 N–H and O–H groups in total. The van der Waals surface area contributed by atoms with Crippen LogP contribution in [0.2, 0.25) is 0 Å². The quantitative estimate of drug-likeness (QED) is 0.467. The Bertz CT molecular complexity index is 242. The van der Waals surface area contributed by atoms with Crippen molar-refractivity contribution in [3.05, 3.63) is 12.2 Å². The zero-order valence-corrected chi connectivity index (χ0v) is 9.38. The number of hydrogen-bond acceptors (Lipinski definition) is 4. The number of carbonyl (C=O) groups is 2. The average Bonchev–Trinajstić information content (AvgIpc) is 2.46. The molecule has 0 saturated carbocycles. The highest BCUT2D eigenvalue weighted by molar-refractivity contribution is 6.52. The summed E-state index contributed by atoms with van der Waals surface area (Å²) in [5.41, 5.74) is 0. The SMILES string of the molecule is CCO[SiH](OCC)N1C(=O)C=CC1=O. The van der Waals surface area contributed by atoms with Crippen molar-refractivity contribution in [2.45, 2.75) is 13.8 Å². The van der Waals surface area contributed by atoms with E-state index < -0.39 is 9.45 Å². The predicted molar refractivity (Wildman–Crippen MR) is 51.4 cm³/mol. The maximum absolute atomic E-state index is 11.3. The van der Waals surface area contributed by atoms with E-state index in [4.69, 9.17) is 8.85 Å². The zero-order chi connectivity index (χ0) is 10.6. The van der Waals surface area contributed by atoms with Crippen LogP contribution in [0.15, 0.2) is 12.2 Å². The van der Waals surface area contributed by atoms with Crippen molar-refractivity contribution < 1.29 is 18.4 Å². The van der Waals surface area contributed by atoms with E-state index in [0.29, 0.717) is 13.2 Å². The second-order valence-corrected chi connectivity index (χ2v) is 4.39. The minimum atomic E-state index is -2.33. The summed E-state index contributed by atoms with van der Waals surface area (Å²) in [7, 11) is -2.33. The Hall–Kier alpha value is -0.983. The average molecular weight is 215 g/mol. The molecule has 0 saturated heterocycles. The third kappa shape index (κ3) is 2.28. The van der Waals surface area contributed by atoms with Gasteiger partial charge in [0.25, 0.3) is 0 Å². The minimum Gasteiger partial charge on any atom is -0.381 e. The van der Waals surface area contributed by atoms with Gasteiger partial charge in [0.1, 0.15) is 0 Å². The van der Waals surface area contributed by atoms with Crippen LogP contribution < -0.4 is 0 Å². The molecule has 0 bridgehead atoms. The molecule has 0 atom stereocenters. The van der Waals surface area contributed by atoms with Crippen LogP contribution in [0.4, 0.5) is 0 Å². The molecule has 1 aliphatic heterocycles. The van der Waals surface area contributed by atoms with E-state index in [-0.39, 0.29) is 11.8 Å². The maximum atomic E-state index is 11.3. The first-order chi connectivity index (χ1) is 6.70. The summed E-state index contributed by atoms with van der Waals surface area (Å²) in [5.74, 6) is -0.679. The Morgan fingerprint density at radius 3 is 1.93 bits per heavy atom. The van der Waals surface area contributed by atoms with Crippen molar-refractivity contribution >= 4 is 21.3 Å². The molecule has 0 aromatic rings. The van der Waals surface area contributed by atoms with E-state index in [1.807, 2.05) is 0 Å². The smallest absolute Gasteiger partial charge is 0.381 e. The Morgan fingerprint density at radius 1 is 1.14 bits per heavy atom. The molecule has 1 rings (SSSR count). The predicted octanol–water partition coefficient (Wildman–Crippen LogP) is -0.298. The summed E-state index contributed by atoms with van der Waals surface area (Å²) in [4.78, 5) is 22.5. The Kier molecular flexibility index (Phi) is 3.99. The summed E-state index contributed by atoms with van der Waals surface area (Å²) in [5, 5.41) is 0. The highest BCUT2D eigenvalue weighted by Crippen LogP contribution is 2.08. The highest BCUT2D eigenvalue weighted by Gasteiger charge is 2.34. The van der Waals surface area contributed by atoms with Gasteiger partial charge in [-0.25, -0.2) is 0 Å². The largest absolute Gasteiger partial charge is 0.452 e.